The van der Waals surface area contributed by atoms with E-state index < -0.39 is 5.41 Å². The van der Waals surface area contributed by atoms with Crippen LogP contribution in [0.15, 0.2) is 255 Å². The average Bonchev–Trinajstić information content (AvgIpc) is 4.02. The standard InChI is InChI=1S/C65H42N2/c1-4-16-43(17-5-1)45-28-33-51(34-29-45)66-63-37-32-48(47-31-36-62-56(39-47)54-25-13-15-27-61(54)67(62)52-35-30-44-18-10-11-19-46(44)38-52)40-57(63)58-41-55-53-24-12-14-26-59(53)65(60(55)42-64(58)66,49-20-6-2-7-21-49)50-22-8-3-9-23-50/h1-42H. The van der Waals surface area contributed by atoms with Crippen LogP contribution in [0.4, 0.5) is 0 Å². The minimum atomic E-state index is -0.506. The minimum absolute atomic E-state index is 0.506. The molecule has 1 aliphatic carbocycles. The third-order valence-electron chi connectivity index (χ3n) is 14.6. The molecule has 0 fully saturated rings. The maximum atomic E-state index is 2.52. The van der Waals surface area contributed by atoms with Crippen LogP contribution in [0.2, 0.25) is 0 Å². The second-order valence-corrected chi connectivity index (χ2v) is 18.0. The first kappa shape index (κ1) is 37.6. The lowest BCUT2D eigenvalue weighted by Crippen LogP contribution is -2.28. The molecule has 0 spiro atoms. The van der Waals surface area contributed by atoms with Crippen LogP contribution < -0.4 is 0 Å². The highest BCUT2D eigenvalue weighted by atomic mass is 15.0. The molecule has 2 heteroatoms. The maximum Gasteiger partial charge on any atom is 0.0714 e. The van der Waals surface area contributed by atoms with Crippen LogP contribution in [0.25, 0.3) is 99.1 Å². The molecule has 0 bridgehead atoms. The van der Waals surface area contributed by atoms with E-state index in [1.165, 1.54) is 116 Å². The Balaban J connectivity index is 1.01. The molecular weight excluding hydrogens is 809 g/mol. The summed E-state index contributed by atoms with van der Waals surface area (Å²) in [5, 5.41) is 7.45. The zero-order valence-electron chi connectivity index (χ0n) is 36.6. The van der Waals surface area contributed by atoms with Crippen LogP contribution in [0, 0.1) is 0 Å². The molecule has 0 saturated carbocycles. The molecule has 14 rings (SSSR count). The van der Waals surface area contributed by atoms with Crippen LogP contribution in [0.1, 0.15) is 22.3 Å². The van der Waals surface area contributed by atoms with Crippen LogP contribution in [-0.4, -0.2) is 9.13 Å². The molecule has 0 saturated heterocycles. The Labute approximate surface area is 388 Å². The highest BCUT2D eigenvalue weighted by Crippen LogP contribution is 2.57. The van der Waals surface area contributed by atoms with E-state index in [1.807, 2.05) is 0 Å². The van der Waals surface area contributed by atoms with Crippen molar-refractivity contribution in [3.8, 4) is 44.8 Å². The van der Waals surface area contributed by atoms with Gasteiger partial charge in [0.2, 0.25) is 0 Å². The first-order chi connectivity index (χ1) is 33.2. The molecule has 11 aromatic carbocycles. The van der Waals surface area contributed by atoms with E-state index in [9.17, 15) is 0 Å². The van der Waals surface area contributed by atoms with Crippen LogP contribution in [-0.2, 0) is 5.41 Å². The Morgan fingerprint density at radius 1 is 0.254 bits per heavy atom. The molecule has 312 valence electrons. The van der Waals surface area contributed by atoms with E-state index in [2.05, 4.69) is 264 Å². The zero-order valence-corrected chi connectivity index (χ0v) is 36.6. The molecule has 1 aliphatic rings. The number of nitrogens with zero attached hydrogens (tertiary/aromatic N) is 2. The van der Waals surface area contributed by atoms with Crippen molar-refractivity contribution in [2.75, 3.05) is 0 Å². The van der Waals surface area contributed by atoms with Gasteiger partial charge in [-0.05, 0) is 133 Å². The van der Waals surface area contributed by atoms with Crippen molar-refractivity contribution >= 4 is 54.4 Å². The summed E-state index contributed by atoms with van der Waals surface area (Å²) in [6.07, 6.45) is 0. The summed E-state index contributed by atoms with van der Waals surface area (Å²) in [5.41, 5.74) is 19.1. The molecular formula is C65H42N2. The van der Waals surface area contributed by atoms with Gasteiger partial charge in [0.15, 0.2) is 0 Å². The predicted molar refractivity (Wildman–Crippen MR) is 281 cm³/mol. The van der Waals surface area contributed by atoms with E-state index in [0.29, 0.717) is 0 Å². The lowest BCUT2D eigenvalue weighted by Gasteiger charge is -2.34. The third kappa shape index (κ3) is 5.57. The van der Waals surface area contributed by atoms with E-state index >= 15 is 0 Å². The fourth-order valence-corrected chi connectivity index (χ4v) is 11.6. The zero-order chi connectivity index (χ0) is 44.1. The van der Waals surface area contributed by atoms with E-state index in [4.69, 9.17) is 0 Å². The van der Waals surface area contributed by atoms with Gasteiger partial charge in [-0.15, -0.1) is 0 Å². The monoisotopic (exact) mass is 850 g/mol. The van der Waals surface area contributed by atoms with Gasteiger partial charge in [0.1, 0.15) is 0 Å². The topological polar surface area (TPSA) is 9.86 Å². The van der Waals surface area contributed by atoms with E-state index in [-0.39, 0.29) is 0 Å². The normalized spacial score (nSPS) is 12.9. The predicted octanol–water partition coefficient (Wildman–Crippen LogP) is 16.7. The Hall–Kier alpha value is -8.72. The highest BCUT2D eigenvalue weighted by Gasteiger charge is 2.46. The quantitative estimate of drug-likeness (QED) is 0.158. The van der Waals surface area contributed by atoms with Crippen LogP contribution in [0.3, 0.4) is 0 Å². The summed E-state index contributed by atoms with van der Waals surface area (Å²) in [5.74, 6) is 0. The highest BCUT2D eigenvalue weighted by molar-refractivity contribution is 6.14. The van der Waals surface area contributed by atoms with Crippen molar-refractivity contribution in [2.24, 2.45) is 0 Å². The van der Waals surface area contributed by atoms with Crippen molar-refractivity contribution in [1.82, 2.24) is 9.13 Å². The third-order valence-corrected chi connectivity index (χ3v) is 14.6. The van der Waals surface area contributed by atoms with Gasteiger partial charge < -0.3 is 9.13 Å². The number of fused-ring (bicyclic) bond motifs is 10. The van der Waals surface area contributed by atoms with Gasteiger partial charge in [-0.1, -0.05) is 188 Å². The molecule has 0 atom stereocenters. The second-order valence-electron chi connectivity index (χ2n) is 18.0. The SMILES string of the molecule is c1ccc(-c2ccc(-n3c4ccc(-c5ccc6c(c5)c5ccccc5n6-c5ccc6ccccc6c5)cc4c4cc5c(cc43)C(c3ccccc3)(c3ccccc3)c3ccccc3-5)cc2)cc1. The molecule has 0 radical (unpaired) electrons. The van der Waals surface area contributed by atoms with Crippen molar-refractivity contribution < 1.29 is 0 Å². The number of aromatic nitrogens is 2. The van der Waals surface area contributed by atoms with Crippen LogP contribution >= 0.6 is 0 Å². The van der Waals surface area contributed by atoms with Crippen molar-refractivity contribution in [2.45, 2.75) is 5.41 Å². The largest absolute Gasteiger partial charge is 0.309 e. The molecule has 13 aromatic rings. The molecule has 0 aliphatic heterocycles. The van der Waals surface area contributed by atoms with Crippen molar-refractivity contribution in [3.05, 3.63) is 277 Å². The maximum absolute atomic E-state index is 2.52. The molecule has 67 heavy (non-hydrogen) atoms. The molecule has 0 amide bonds. The summed E-state index contributed by atoms with van der Waals surface area (Å²) >= 11 is 0. The van der Waals surface area contributed by atoms with E-state index in [1.54, 1.807) is 0 Å². The second kappa shape index (κ2) is 14.7. The Morgan fingerprint density at radius 3 is 1.48 bits per heavy atom. The fraction of sp³-hybridized carbons (Fsp3) is 0.0154. The summed E-state index contributed by atoms with van der Waals surface area (Å²) in [6.45, 7) is 0. The van der Waals surface area contributed by atoms with E-state index in [0.717, 1.165) is 5.69 Å². The first-order valence-electron chi connectivity index (χ1n) is 23.2. The van der Waals surface area contributed by atoms with Gasteiger partial charge >= 0.3 is 0 Å². The summed E-state index contributed by atoms with van der Waals surface area (Å²) in [4.78, 5) is 0. The molecule has 2 aromatic heterocycles. The summed E-state index contributed by atoms with van der Waals surface area (Å²) in [6, 6.07) is 94.5. The van der Waals surface area contributed by atoms with Gasteiger partial charge in [-0.2, -0.15) is 0 Å². The van der Waals surface area contributed by atoms with Gasteiger partial charge in [-0.3, -0.25) is 0 Å². The fourth-order valence-electron chi connectivity index (χ4n) is 11.6. The molecule has 2 heterocycles. The van der Waals surface area contributed by atoms with Crippen LogP contribution in [0.5, 0.6) is 0 Å². The lowest BCUT2D eigenvalue weighted by atomic mass is 9.67. The Bertz CT molecular complexity index is 4020. The summed E-state index contributed by atoms with van der Waals surface area (Å²) in [7, 11) is 0. The van der Waals surface area contributed by atoms with Crippen molar-refractivity contribution in [1.29, 1.82) is 0 Å². The lowest BCUT2D eigenvalue weighted by molar-refractivity contribution is 0.769. The number of benzene rings is 11. The smallest absolute Gasteiger partial charge is 0.0714 e. The average molecular weight is 851 g/mol. The molecule has 0 N–H and O–H groups in total. The van der Waals surface area contributed by atoms with Crippen molar-refractivity contribution in [3.63, 3.8) is 0 Å². The minimum Gasteiger partial charge on any atom is -0.309 e. The summed E-state index contributed by atoms with van der Waals surface area (Å²) < 4.78 is 4.91. The Kier molecular flexibility index (Phi) is 8.23. The number of para-hydroxylation sites is 1. The molecule has 2 nitrogen and oxygen atoms in total. The Morgan fingerprint density at radius 2 is 0.761 bits per heavy atom. The first-order valence-corrected chi connectivity index (χ1v) is 23.2. The van der Waals surface area contributed by atoms with Gasteiger partial charge in [-0.25, -0.2) is 0 Å². The van der Waals surface area contributed by atoms with Gasteiger partial charge in [0, 0.05) is 32.9 Å². The van der Waals surface area contributed by atoms with Gasteiger partial charge in [0.05, 0.1) is 27.5 Å². The number of hydrogen-bond donors (Lipinski definition) is 0. The molecule has 0 unspecified atom stereocenters. The number of rotatable bonds is 6. The van der Waals surface area contributed by atoms with Gasteiger partial charge in [0.25, 0.3) is 0 Å². The number of hydrogen-bond acceptors (Lipinski definition) is 0.